The van der Waals surface area contributed by atoms with E-state index < -0.39 is 0 Å². The molecule has 0 aliphatic rings. The maximum absolute atomic E-state index is 4.70. The van der Waals surface area contributed by atoms with Crippen LogP contribution in [0.25, 0.3) is 65.7 Å². The van der Waals surface area contributed by atoms with Crippen molar-refractivity contribution in [3.05, 3.63) is 49.3 Å². The van der Waals surface area contributed by atoms with E-state index in [4.69, 9.17) is 9.97 Å². The highest BCUT2D eigenvalue weighted by atomic mass is 14.9. The van der Waals surface area contributed by atoms with Crippen LogP contribution in [0.2, 0.25) is 0 Å². The molecular formula is C20H11N7. The van der Waals surface area contributed by atoms with E-state index in [1.807, 2.05) is 49.3 Å². The second-order valence-corrected chi connectivity index (χ2v) is 6.76. The minimum absolute atomic E-state index is 0.875. The topological polar surface area (TPSA) is 98.9 Å². The maximum atomic E-state index is 4.70. The fraction of sp³-hybridized carbons (Fsp3) is 0. The fourth-order valence-corrected chi connectivity index (χ4v) is 4.21. The number of H-pyrrole nitrogens is 3. The van der Waals surface area contributed by atoms with Gasteiger partial charge in [0.2, 0.25) is 0 Å². The first-order valence-corrected chi connectivity index (χ1v) is 8.65. The van der Waals surface area contributed by atoms with Crippen molar-refractivity contribution in [2.24, 2.45) is 0 Å². The number of rotatable bonds is 0. The van der Waals surface area contributed by atoms with Gasteiger partial charge in [0.05, 0.1) is 57.9 Å². The van der Waals surface area contributed by atoms with Gasteiger partial charge >= 0.3 is 0 Å². The van der Waals surface area contributed by atoms with E-state index in [0.29, 0.717) is 0 Å². The summed E-state index contributed by atoms with van der Waals surface area (Å²) in [6, 6.07) is 4.05. The van der Waals surface area contributed by atoms with Gasteiger partial charge in [0, 0.05) is 33.9 Å². The van der Waals surface area contributed by atoms with Crippen molar-refractivity contribution in [3.63, 3.8) is 0 Å². The van der Waals surface area contributed by atoms with Gasteiger partial charge in [-0.1, -0.05) is 0 Å². The Labute approximate surface area is 150 Å². The second-order valence-electron chi connectivity index (χ2n) is 6.76. The molecule has 0 unspecified atom stereocenters. The monoisotopic (exact) mass is 349 g/mol. The molecule has 0 spiro atoms. The molecule has 0 aromatic carbocycles. The molecule has 3 N–H and O–H groups in total. The average molecular weight is 349 g/mol. The molecule has 0 amide bonds. The van der Waals surface area contributed by atoms with Crippen LogP contribution in [0.5, 0.6) is 0 Å². The van der Waals surface area contributed by atoms with Crippen molar-refractivity contribution in [1.29, 1.82) is 0 Å². The summed E-state index contributed by atoms with van der Waals surface area (Å²) in [5.41, 5.74) is 7.69. The van der Waals surface area contributed by atoms with Gasteiger partial charge in [0.1, 0.15) is 11.0 Å². The Balaban J connectivity index is 1.78. The van der Waals surface area contributed by atoms with Gasteiger partial charge < -0.3 is 15.0 Å². The summed E-state index contributed by atoms with van der Waals surface area (Å²) in [5, 5.41) is 4.48. The Kier molecular flexibility index (Phi) is 2.15. The van der Waals surface area contributed by atoms with E-state index in [0.717, 1.165) is 65.7 Å². The molecule has 0 saturated heterocycles. The predicted molar refractivity (Wildman–Crippen MR) is 106 cm³/mol. The molecule has 7 heteroatoms. The molecule has 27 heavy (non-hydrogen) atoms. The van der Waals surface area contributed by atoms with Gasteiger partial charge in [-0.25, -0.2) is 0 Å². The van der Waals surface area contributed by atoms with Crippen molar-refractivity contribution in [2.45, 2.75) is 0 Å². The van der Waals surface area contributed by atoms with E-state index in [1.165, 1.54) is 0 Å². The molecule has 0 aliphatic heterocycles. The number of aromatic nitrogens is 7. The number of hydrogen-bond donors (Lipinski definition) is 3. The first-order chi connectivity index (χ1) is 13.4. The minimum Gasteiger partial charge on any atom is -0.352 e. The quantitative estimate of drug-likeness (QED) is 0.383. The number of nitrogens with zero attached hydrogens (tertiary/aromatic N) is 4. The van der Waals surface area contributed by atoms with Crippen LogP contribution in [0.1, 0.15) is 0 Å². The van der Waals surface area contributed by atoms with Crippen LogP contribution in [0, 0.1) is 0 Å². The summed E-state index contributed by atoms with van der Waals surface area (Å²) in [4.78, 5) is 28.2. The average Bonchev–Trinajstić information content (AvgIpc) is 3.37. The molecule has 126 valence electrons. The lowest BCUT2D eigenvalue weighted by molar-refractivity contribution is 1.34. The van der Waals surface area contributed by atoms with E-state index in [9.17, 15) is 0 Å². The summed E-state index contributed by atoms with van der Waals surface area (Å²) < 4.78 is 0. The van der Waals surface area contributed by atoms with E-state index in [1.54, 1.807) is 0 Å². The highest BCUT2D eigenvalue weighted by Gasteiger charge is 2.17. The van der Waals surface area contributed by atoms with Gasteiger partial charge in [-0.05, 0) is 12.1 Å². The number of pyridine rings is 4. The molecule has 0 radical (unpaired) electrons. The van der Waals surface area contributed by atoms with Gasteiger partial charge in [-0.2, -0.15) is 0 Å². The van der Waals surface area contributed by atoms with Gasteiger partial charge in [0.15, 0.2) is 0 Å². The zero-order chi connectivity index (χ0) is 17.5. The minimum atomic E-state index is 0.875. The Bertz CT molecular complexity index is 1560. The molecule has 7 rings (SSSR count). The van der Waals surface area contributed by atoms with Gasteiger partial charge in [-0.15, -0.1) is 0 Å². The molecule has 7 heterocycles. The molecular weight excluding hydrogens is 338 g/mol. The molecule has 0 atom stereocenters. The Morgan fingerprint density at radius 3 is 1.59 bits per heavy atom. The van der Waals surface area contributed by atoms with Crippen LogP contribution < -0.4 is 0 Å². The van der Waals surface area contributed by atoms with E-state index >= 15 is 0 Å². The number of fused-ring (bicyclic) bond motifs is 11. The first kappa shape index (κ1) is 13.2. The highest BCUT2D eigenvalue weighted by molar-refractivity contribution is 6.27. The lowest BCUT2D eigenvalue weighted by Crippen LogP contribution is -1.79. The Hall–Kier alpha value is -4.00. The summed E-state index contributed by atoms with van der Waals surface area (Å²) >= 11 is 0. The standard InChI is InChI=1S/C20H11N7/c1-3-21-5-11-9(1)15-13(25-11)7-23-19-17(15)27-18-16-10-2-4-22-6-12(10)26-14(16)8-24-20(18)19/h1-8,25-27H. The normalized spacial score (nSPS) is 12.4. The van der Waals surface area contributed by atoms with Crippen molar-refractivity contribution in [3.8, 4) is 0 Å². The molecule has 0 aliphatic carbocycles. The summed E-state index contributed by atoms with van der Waals surface area (Å²) in [6.45, 7) is 0. The lowest BCUT2D eigenvalue weighted by Gasteiger charge is -1.93. The zero-order valence-corrected chi connectivity index (χ0v) is 13.9. The third kappa shape index (κ3) is 1.52. The van der Waals surface area contributed by atoms with Crippen molar-refractivity contribution in [2.75, 3.05) is 0 Å². The summed E-state index contributed by atoms with van der Waals surface area (Å²) in [5.74, 6) is 0. The first-order valence-electron chi connectivity index (χ1n) is 8.65. The highest BCUT2D eigenvalue weighted by Crippen LogP contribution is 2.37. The Morgan fingerprint density at radius 1 is 0.556 bits per heavy atom. The van der Waals surface area contributed by atoms with Crippen molar-refractivity contribution in [1.82, 2.24) is 34.9 Å². The lowest BCUT2D eigenvalue weighted by atomic mass is 10.1. The van der Waals surface area contributed by atoms with Crippen LogP contribution in [0.3, 0.4) is 0 Å². The zero-order valence-electron chi connectivity index (χ0n) is 13.9. The molecule has 0 saturated carbocycles. The molecule has 7 aromatic heterocycles. The fourth-order valence-electron chi connectivity index (χ4n) is 4.21. The molecule has 7 nitrogen and oxygen atoms in total. The van der Waals surface area contributed by atoms with Crippen molar-refractivity contribution < 1.29 is 0 Å². The SMILES string of the molecule is c1cc2c(cn1)[nH]c1cnc3c4ncc5[nH]c6cnccc6c5c4[nH]c3c12. The molecule has 0 fully saturated rings. The van der Waals surface area contributed by atoms with Crippen LogP contribution in [-0.2, 0) is 0 Å². The number of aromatic amines is 3. The predicted octanol–water partition coefficient (Wildman–Crippen LogP) is 4.17. The molecule has 7 aromatic rings. The second kappa shape index (κ2) is 4.39. The van der Waals surface area contributed by atoms with E-state index in [-0.39, 0.29) is 0 Å². The third-order valence-electron chi connectivity index (χ3n) is 5.35. The van der Waals surface area contributed by atoms with Crippen LogP contribution in [0.15, 0.2) is 49.3 Å². The third-order valence-corrected chi connectivity index (χ3v) is 5.35. The maximum Gasteiger partial charge on any atom is 0.115 e. The van der Waals surface area contributed by atoms with Crippen molar-refractivity contribution >= 4 is 65.7 Å². The molecule has 0 bridgehead atoms. The Morgan fingerprint density at radius 2 is 1.07 bits per heavy atom. The largest absolute Gasteiger partial charge is 0.352 e. The van der Waals surface area contributed by atoms with Gasteiger partial charge in [0.25, 0.3) is 0 Å². The van der Waals surface area contributed by atoms with Crippen LogP contribution in [-0.4, -0.2) is 34.9 Å². The smallest absolute Gasteiger partial charge is 0.115 e. The van der Waals surface area contributed by atoms with Crippen LogP contribution in [0.4, 0.5) is 0 Å². The van der Waals surface area contributed by atoms with Crippen LogP contribution >= 0.6 is 0 Å². The summed E-state index contributed by atoms with van der Waals surface area (Å²) in [6.07, 6.45) is 11.0. The summed E-state index contributed by atoms with van der Waals surface area (Å²) in [7, 11) is 0. The number of nitrogens with one attached hydrogen (secondary N) is 3. The van der Waals surface area contributed by atoms with Gasteiger partial charge in [-0.3, -0.25) is 19.9 Å². The van der Waals surface area contributed by atoms with E-state index in [2.05, 4.69) is 24.9 Å². The number of hydrogen-bond acceptors (Lipinski definition) is 4.